The molecule has 0 unspecified atom stereocenters. The Balaban J connectivity index is 1.34. The van der Waals surface area contributed by atoms with E-state index in [0.29, 0.717) is 22.7 Å². The lowest BCUT2D eigenvalue weighted by molar-refractivity contribution is -0.116. The molecule has 4 aromatic rings. The minimum Gasteiger partial charge on any atom is -0.497 e. The van der Waals surface area contributed by atoms with Gasteiger partial charge in [-0.05, 0) is 48.5 Å². The average molecular weight is 495 g/mol. The zero-order chi connectivity index (χ0) is 22.5. The lowest BCUT2D eigenvalue weighted by atomic mass is 10.3. The average Bonchev–Trinajstić information content (AvgIpc) is 3.45. The number of benzene rings is 2. The SMILES string of the molecule is COc1ccc(NC(=O)Cn2cc(NC(=O)c3cnn(-c4ccc(Br)cc4)c3)cn2)cc1. The molecule has 162 valence electrons. The molecule has 2 N–H and O–H groups in total. The molecule has 0 atom stereocenters. The number of hydrogen-bond acceptors (Lipinski definition) is 5. The van der Waals surface area contributed by atoms with Gasteiger partial charge in [-0.1, -0.05) is 15.9 Å². The van der Waals surface area contributed by atoms with Crippen molar-refractivity contribution in [1.29, 1.82) is 0 Å². The Morgan fingerprint density at radius 3 is 2.41 bits per heavy atom. The molecule has 0 aliphatic carbocycles. The fourth-order valence-corrected chi connectivity index (χ4v) is 3.18. The number of anilines is 2. The molecule has 4 rings (SSSR count). The van der Waals surface area contributed by atoms with Crippen LogP contribution in [-0.2, 0) is 11.3 Å². The summed E-state index contributed by atoms with van der Waals surface area (Å²) in [6.07, 6.45) is 6.21. The van der Waals surface area contributed by atoms with Crippen LogP contribution in [0.5, 0.6) is 5.75 Å². The molecule has 32 heavy (non-hydrogen) atoms. The molecule has 0 saturated carbocycles. The fourth-order valence-electron chi connectivity index (χ4n) is 2.91. The maximum Gasteiger partial charge on any atom is 0.258 e. The second-order valence-corrected chi connectivity index (χ2v) is 7.72. The van der Waals surface area contributed by atoms with Crippen molar-refractivity contribution in [3.8, 4) is 11.4 Å². The highest BCUT2D eigenvalue weighted by molar-refractivity contribution is 9.10. The van der Waals surface area contributed by atoms with Crippen molar-refractivity contribution >= 4 is 39.1 Å². The van der Waals surface area contributed by atoms with E-state index in [1.54, 1.807) is 48.5 Å². The molecule has 0 radical (unpaired) electrons. The second-order valence-electron chi connectivity index (χ2n) is 6.81. The van der Waals surface area contributed by atoms with E-state index in [-0.39, 0.29) is 18.4 Å². The number of ether oxygens (including phenoxy) is 1. The minimum atomic E-state index is -0.324. The Morgan fingerprint density at radius 1 is 0.938 bits per heavy atom. The van der Waals surface area contributed by atoms with E-state index >= 15 is 0 Å². The van der Waals surface area contributed by atoms with Crippen LogP contribution in [0, 0.1) is 0 Å². The first-order chi connectivity index (χ1) is 15.5. The lowest BCUT2D eigenvalue weighted by Crippen LogP contribution is -2.19. The Kier molecular flexibility index (Phi) is 6.31. The van der Waals surface area contributed by atoms with E-state index in [2.05, 4.69) is 36.8 Å². The number of hydrogen-bond donors (Lipinski definition) is 2. The molecule has 9 nitrogen and oxygen atoms in total. The maximum atomic E-state index is 12.5. The van der Waals surface area contributed by atoms with Gasteiger partial charge in [0.25, 0.3) is 5.91 Å². The molecule has 0 aliphatic heterocycles. The standard InChI is InChI=1S/C22H19BrN6O3/c1-32-20-8-4-17(5-9-20)26-21(30)14-28-13-18(11-24-28)27-22(31)15-10-25-29(12-15)19-6-2-16(23)3-7-19/h2-13H,14H2,1H3,(H,26,30)(H,27,31). The Hall–Kier alpha value is -3.92. The molecular formula is C22H19BrN6O3. The van der Waals surface area contributed by atoms with Gasteiger partial charge in [-0.15, -0.1) is 0 Å². The molecule has 0 saturated heterocycles. The van der Waals surface area contributed by atoms with Crippen LogP contribution in [0.4, 0.5) is 11.4 Å². The Morgan fingerprint density at radius 2 is 1.69 bits per heavy atom. The van der Waals surface area contributed by atoms with Crippen LogP contribution in [0.15, 0.2) is 77.8 Å². The number of amides is 2. The van der Waals surface area contributed by atoms with Crippen LogP contribution < -0.4 is 15.4 Å². The summed E-state index contributed by atoms with van der Waals surface area (Å²) in [4.78, 5) is 24.8. The molecule has 2 aromatic heterocycles. The van der Waals surface area contributed by atoms with E-state index < -0.39 is 0 Å². The molecule has 0 aliphatic rings. The normalized spacial score (nSPS) is 10.6. The highest BCUT2D eigenvalue weighted by Gasteiger charge is 2.12. The van der Waals surface area contributed by atoms with Crippen LogP contribution >= 0.6 is 15.9 Å². The number of nitrogens with zero attached hydrogens (tertiary/aromatic N) is 4. The van der Waals surface area contributed by atoms with E-state index in [9.17, 15) is 9.59 Å². The summed E-state index contributed by atoms with van der Waals surface area (Å²) in [6.45, 7) is 0.00337. The van der Waals surface area contributed by atoms with Crippen LogP contribution in [-0.4, -0.2) is 38.5 Å². The number of methoxy groups -OCH3 is 1. The van der Waals surface area contributed by atoms with Crippen molar-refractivity contribution in [2.75, 3.05) is 17.7 Å². The van der Waals surface area contributed by atoms with Gasteiger partial charge in [-0.2, -0.15) is 10.2 Å². The highest BCUT2D eigenvalue weighted by atomic mass is 79.9. The third-order valence-electron chi connectivity index (χ3n) is 4.51. The first-order valence-corrected chi connectivity index (χ1v) is 10.4. The van der Waals surface area contributed by atoms with Gasteiger partial charge in [0.05, 0.1) is 36.4 Å². The van der Waals surface area contributed by atoms with Gasteiger partial charge in [-0.3, -0.25) is 14.3 Å². The molecule has 2 heterocycles. The summed E-state index contributed by atoms with van der Waals surface area (Å²) in [6, 6.07) is 14.6. The molecule has 2 aromatic carbocycles. The van der Waals surface area contributed by atoms with Crippen molar-refractivity contribution in [3.63, 3.8) is 0 Å². The summed E-state index contributed by atoms with van der Waals surface area (Å²) in [5, 5.41) is 13.9. The third kappa shape index (κ3) is 5.22. The number of rotatable bonds is 7. The zero-order valence-electron chi connectivity index (χ0n) is 17.0. The molecule has 2 amide bonds. The van der Waals surface area contributed by atoms with Crippen molar-refractivity contribution in [2.45, 2.75) is 6.54 Å². The van der Waals surface area contributed by atoms with Crippen LogP contribution in [0.2, 0.25) is 0 Å². The van der Waals surface area contributed by atoms with Gasteiger partial charge in [-0.25, -0.2) is 4.68 Å². The predicted octanol–water partition coefficient (Wildman–Crippen LogP) is 3.73. The maximum absolute atomic E-state index is 12.5. The summed E-state index contributed by atoms with van der Waals surface area (Å²) in [7, 11) is 1.58. The van der Waals surface area contributed by atoms with Crippen LogP contribution in [0.1, 0.15) is 10.4 Å². The van der Waals surface area contributed by atoms with Gasteiger partial charge < -0.3 is 15.4 Å². The Labute approximate surface area is 192 Å². The largest absolute Gasteiger partial charge is 0.497 e. The number of aromatic nitrogens is 4. The van der Waals surface area contributed by atoms with Crippen LogP contribution in [0.3, 0.4) is 0 Å². The predicted molar refractivity (Wildman–Crippen MR) is 123 cm³/mol. The molecule has 0 fully saturated rings. The number of carbonyl (C=O) groups is 2. The molecular weight excluding hydrogens is 476 g/mol. The van der Waals surface area contributed by atoms with Crippen molar-refractivity contribution in [1.82, 2.24) is 19.6 Å². The minimum absolute atomic E-state index is 0.00337. The van der Waals surface area contributed by atoms with Crippen molar-refractivity contribution < 1.29 is 14.3 Å². The topological polar surface area (TPSA) is 103 Å². The molecule has 10 heteroatoms. The molecule has 0 bridgehead atoms. The van der Waals surface area contributed by atoms with Crippen molar-refractivity contribution in [2.24, 2.45) is 0 Å². The van der Waals surface area contributed by atoms with Gasteiger partial charge in [0.2, 0.25) is 5.91 Å². The Bertz CT molecular complexity index is 1230. The quantitative estimate of drug-likeness (QED) is 0.407. The second kappa shape index (κ2) is 9.48. The summed E-state index contributed by atoms with van der Waals surface area (Å²) in [5.41, 5.74) is 2.36. The van der Waals surface area contributed by atoms with Gasteiger partial charge in [0.1, 0.15) is 12.3 Å². The summed E-state index contributed by atoms with van der Waals surface area (Å²) < 4.78 is 9.12. The highest BCUT2D eigenvalue weighted by Crippen LogP contribution is 2.16. The van der Waals surface area contributed by atoms with Gasteiger partial charge in [0, 0.05) is 22.6 Å². The fraction of sp³-hybridized carbons (Fsp3) is 0.0909. The van der Waals surface area contributed by atoms with Gasteiger partial charge in [0.15, 0.2) is 0 Å². The van der Waals surface area contributed by atoms with Gasteiger partial charge >= 0.3 is 0 Å². The smallest absolute Gasteiger partial charge is 0.258 e. The van der Waals surface area contributed by atoms with E-state index in [1.165, 1.54) is 17.1 Å². The van der Waals surface area contributed by atoms with E-state index in [0.717, 1.165) is 10.2 Å². The first-order valence-electron chi connectivity index (χ1n) is 9.58. The van der Waals surface area contributed by atoms with E-state index in [1.807, 2.05) is 24.3 Å². The van der Waals surface area contributed by atoms with Crippen molar-refractivity contribution in [3.05, 3.63) is 83.4 Å². The third-order valence-corrected chi connectivity index (χ3v) is 5.04. The number of nitrogens with one attached hydrogen (secondary N) is 2. The number of halogens is 1. The lowest BCUT2D eigenvalue weighted by Gasteiger charge is -2.06. The van der Waals surface area contributed by atoms with Crippen LogP contribution in [0.25, 0.3) is 5.69 Å². The molecule has 0 spiro atoms. The number of carbonyl (C=O) groups excluding carboxylic acids is 2. The van der Waals surface area contributed by atoms with E-state index in [4.69, 9.17) is 4.74 Å². The summed E-state index contributed by atoms with van der Waals surface area (Å²) in [5.74, 6) is 0.139. The first kappa shape index (κ1) is 21.3. The monoisotopic (exact) mass is 494 g/mol. The summed E-state index contributed by atoms with van der Waals surface area (Å²) >= 11 is 3.39. The zero-order valence-corrected chi connectivity index (χ0v) is 18.6.